The SMILES string of the molecule is CC1(c2ccccc2)c2ccccc2-c2ccc3oc4ccc(-c5cccc(-c6nc(-c7ccccc7)nc(-c7cccc8ccccc78)n6)c5)cc4c3c21. The molecule has 0 saturated heterocycles. The third-order valence-corrected chi connectivity index (χ3v) is 11.4. The molecule has 258 valence electrons. The Balaban J connectivity index is 1.08. The molecule has 1 aliphatic rings. The van der Waals surface area contributed by atoms with Crippen LogP contribution in [0.15, 0.2) is 186 Å². The molecule has 1 aliphatic carbocycles. The summed E-state index contributed by atoms with van der Waals surface area (Å²) >= 11 is 0. The maximum Gasteiger partial charge on any atom is 0.164 e. The summed E-state index contributed by atoms with van der Waals surface area (Å²) in [4.78, 5) is 15.2. The van der Waals surface area contributed by atoms with Crippen LogP contribution < -0.4 is 0 Å². The normalized spacial score (nSPS) is 14.7. The van der Waals surface area contributed by atoms with Gasteiger partial charge in [0.1, 0.15) is 11.2 Å². The first-order chi connectivity index (χ1) is 27.1. The molecule has 11 rings (SSSR count). The molecular formula is C51H33N3O. The highest BCUT2D eigenvalue weighted by Gasteiger charge is 2.42. The van der Waals surface area contributed by atoms with Gasteiger partial charge in [0.05, 0.1) is 0 Å². The quantitative estimate of drug-likeness (QED) is 0.179. The molecule has 0 bridgehead atoms. The van der Waals surface area contributed by atoms with E-state index in [1.165, 1.54) is 27.8 Å². The summed E-state index contributed by atoms with van der Waals surface area (Å²) in [5, 5.41) is 4.52. The Hall–Kier alpha value is -7.17. The molecule has 0 amide bonds. The van der Waals surface area contributed by atoms with E-state index < -0.39 is 0 Å². The van der Waals surface area contributed by atoms with Crippen molar-refractivity contribution in [2.45, 2.75) is 12.3 Å². The summed E-state index contributed by atoms with van der Waals surface area (Å²) in [5.74, 6) is 1.91. The number of hydrogen-bond donors (Lipinski definition) is 0. The molecule has 0 aliphatic heterocycles. The van der Waals surface area contributed by atoms with E-state index in [0.717, 1.165) is 60.5 Å². The molecule has 4 heteroatoms. The largest absolute Gasteiger partial charge is 0.456 e. The Kier molecular flexibility index (Phi) is 6.95. The first-order valence-corrected chi connectivity index (χ1v) is 18.7. The Bertz CT molecular complexity index is 3110. The Morgan fingerprint density at radius 1 is 0.418 bits per heavy atom. The predicted octanol–water partition coefficient (Wildman–Crippen LogP) is 12.9. The summed E-state index contributed by atoms with van der Waals surface area (Å²) in [6.07, 6.45) is 0. The summed E-state index contributed by atoms with van der Waals surface area (Å²) in [5.41, 5.74) is 12.8. The van der Waals surface area contributed by atoms with E-state index in [9.17, 15) is 0 Å². The van der Waals surface area contributed by atoms with Crippen LogP contribution in [0.5, 0.6) is 0 Å². The number of furan rings is 1. The molecule has 10 aromatic rings. The van der Waals surface area contributed by atoms with Crippen LogP contribution >= 0.6 is 0 Å². The minimum Gasteiger partial charge on any atom is -0.456 e. The first kappa shape index (κ1) is 31.4. The molecule has 0 radical (unpaired) electrons. The van der Waals surface area contributed by atoms with Crippen molar-refractivity contribution in [1.29, 1.82) is 0 Å². The van der Waals surface area contributed by atoms with Crippen molar-refractivity contribution in [3.05, 3.63) is 199 Å². The molecular weight excluding hydrogens is 671 g/mol. The highest BCUT2D eigenvalue weighted by atomic mass is 16.3. The molecule has 0 fully saturated rings. The van der Waals surface area contributed by atoms with Gasteiger partial charge in [-0.1, -0.05) is 158 Å². The van der Waals surface area contributed by atoms with Crippen molar-refractivity contribution in [3.8, 4) is 56.4 Å². The number of nitrogens with zero attached hydrogens (tertiary/aromatic N) is 3. The van der Waals surface area contributed by atoms with Gasteiger partial charge in [-0.3, -0.25) is 0 Å². The van der Waals surface area contributed by atoms with E-state index in [4.69, 9.17) is 19.4 Å². The number of fused-ring (bicyclic) bond motifs is 8. The highest BCUT2D eigenvalue weighted by molar-refractivity contribution is 6.12. The van der Waals surface area contributed by atoms with Crippen LogP contribution in [0.3, 0.4) is 0 Å². The van der Waals surface area contributed by atoms with Gasteiger partial charge < -0.3 is 4.42 Å². The van der Waals surface area contributed by atoms with Crippen LogP contribution in [-0.4, -0.2) is 15.0 Å². The van der Waals surface area contributed by atoms with Crippen molar-refractivity contribution in [1.82, 2.24) is 15.0 Å². The molecule has 1 unspecified atom stereocenters. The third kappa shape index (κ3) is 4.88. The van der Waals surface area contributed by atoms with Gasteiger partial charge >= 0.3 is 0 Å². The lowest BCUT2D eigenvalue weighted by Crippen LogP contribution is -2.22. The average Bonchev–Trinajstić information content (AvgIpc) is 3.76. The standard InChI is InChI=1S/C51H33N3O/c1-51(37-20-6-3-7-21-37)43-25-11-10-23-39(43)40-27-29-45-46(47(40)51)42-31-35(26-28-44(42)55-45)34-18-12-19-36(30-34)49-52-48(33-15-4-2-5-16-33)53-50(54-49)41-24-13-17-32-14-8-9-22-38(32)41/h2-31H,1H3. The second-order valence-electron chi connectivity index (χ2n) is 14.5. The van der Waals surface area contributed by atoms with Gasteiger partial charge in [0.2, 0.25) is 0 Å². The lowest BCUT2D eigenvalue weighted by atomic mass is 9.73. The number of rotatable bonds is 5. The summed E-state index contributed by atoms with van der Waals surface area (Å²) < 4.78 is 6.60. The predicted molar refractivity (Wildman–Crippen MR) is 224 cm³/mol. The Labute approximate surface area is 318 Å². The van der Waals surface area contributed by atoms with Crippen LogP contribution in [0.25, 0.3) is 89.1 Å². The average molecular weight is 704 g/mol. The molecule has 8 aromatic carbocycles. The van der Waals surface area contributed by atoms with Gasteiger partial charge in [-0.25, -0.2) is 15.0 Å². The van der Waals surface area contributed by atoms with Crippen LogP contribution in [0, 0.1) is 0 Å². The van der Waals surface area contributed by atoms with Gasteiger partial charge in [0, 0.05) is 32.9 Å². The number of benzene rings is 8. The van der Waals surface area contributed by atoms with Crippen LogP contribution in [0.1, 0.15) is 23.6 Å². The lowest BCUT2D eigenvalue weighted by molar-refractivity contribution is 0.667. The summed E-state index contributed by atoms with van der Waals surface area (Å²) in [6, 6.07) is 63.9. The van der Waals surface area contributed by atoms with E-state index in [1.54, 1.807) is 0 Å². The fourth-order valence-electron chi connectivity index (χ4n) is 8.75. The maximum atomic E-state index is 6.60. The Morgan fingerprint density at radius 3 is 1.91 bits per heavy atom. The number of aromatic nitrogens is 3. The molecule has 4 nitrogen and oxygen atoms in total. The zero-order chi connectivity index (χ0) is 36.5. The van der Waals surface area contributed by atoms with Gasteiger partial charge in [0.15, 0.2) is 17.5 Å². The minimum atomic E-state index is -0.351. The van der Waals surface area contributed by atoms with Crippen molar-refractivity contribution >= 4 is 32.7 Å². The molecule has 55 heavy (non-hydrogen) atoms. The molecule has 0 saturated carbocycles. The molecule has 0 spiro atoms. The third-order valence-electron chi connectivity index (χ3n) is 11.4. The van der Waals surface area contributed by atoms with E-state index in [0.29, 0.717) is 17.5 Å². The molecule has 0 N–H and O–H groups in total. The summed E-state index contributed by atoms with van der Waals surface area (Å²) in [7, 11) is 0. The van der Waals surface area contributed by atoms with E-state index in [1.807, 2.05) is 30.3 Å². The smallest absolute Gasteiger partial charge is 0.164 e. The Morgan fingerprint density at radius 2 is 1.04 bits per heavy atom. The van der Waals surface area contributed by atoms with Gasteiger partial charge in [-0.2, -0.15) is 0 Å². The van der Waals surface area contributed by atoms with Crippen molar-refractivity contribution in [2.75, 3.05) is 0 Å². The molecule has 2 heterocycles. The van der Waals surface area contributed by atoms with Crippen LogP contribution in [0.2, 0.25) is 0 Å². The fourth-order valence-corrected chi connectivity index (χ4v) is 8.75. The van der Waals surface area contributed by atoms with Gasteiger partial charge in [-0.15, -0.1) is 0 Å². The van der Waals surface area contributed by atoms with E-state index >= 15 is 0 Å². The first-order valence-electron chi connectivity index (χ1n) is 18.7. The second kappa shape index (κ2) is 12.2. The van der Waals surface area contributed by atoms with Crippen molar-refractivity contribution < 1.29 is 4.42 Å². The van der Waals surface area contributed by atoms with Crippen LogP contribution in [0.4, 0.5) is 0 Å². The molecule has 2 aromatic heterocycles. The zero-order valence-corrected chi connectivity index (χ0v) is 30.1. The maximum absolute atomic E-state index is 6.60. The van der Waals surface area contributed by atoms with E-state index in [2.05, 4.69) is 159 Å². The van der Waals surface area contributed by atoms with E-state index in [-0.39, 0.29) is 5.41 Å². The fraction of sp³-hybridized carbons (Fsp3) is 0.0392. The van der Waals surface area contributed by atoms with Gasteiger partial charge in [-0.05, 0) is 80.9 Å². The highest BCUT2D eigenvalue weighted by Crippen LogP contribution is 2.56. The van der Waals surface area contributed by atoms with Crippen molar-refractivity contribution in [3.63, 3.8) is 0 Å². The minimum absolute atomic E-state index is 0.351. The zero-order valence-electron chi connectivity index (χ0n) is 30.1. The van der Waals surface area contributed by atoms with Gasteiger partial charge in [0.25, 0.3) is 0 Å². The number of hydrogen-bond acceptors (Lipinski definition) is 4. The topological polar surface area (TPSA) is 51.8 Å². The molecule has 1 atom stereocenters. The lowest BCUT2D eigenvalue weighted by Gasteiger charge is -2.29. The van der Waals surface area contributed by atoms with Crippen molar-refractivity contribution in [2.24, 2.45) is 0 Å². The second-order valence-corrected chi connectivity index (χ2v) is 14.5. The summed E-state index contributed by atoms with van der Waals surface area (Å²) in [6.45, 7) is 2.36. The van der Waals surface area contributed by atoms with Crippen LogP contribution in [-0.2, 0) is 5.41 Å². The monoisotopic (exact) mass is 703 g/mol.